The standard InChI is InChI=1S/C11H11F3N2O2/c12-11(13,14)9-3-6(18-7-4-17-5-7)1-2-8(9)10(15)16/h1-3,7H,4-5H2,(H3,15,16). The van der Waals surface area contributed by atoms with Gasteiger partial charge in [0.25, 0.3) is 0 Å². The van der Waals surface area contributed by atoms with Crippen LogP contribution in [0, 0.1) is 5.41 Å². The van der Waals surface area contributed by atoms with Gasteiger partial charge in [-0.3, -0.25) is 5.41 Å². The van der Waals surface area contributed by atoms with Crippen LogP contribution in [-0.4, -0.2) is 25.2 Å². The monoisotopic (exact) mass is 260 g/mol. The van der Waals surface area contributed by atoms with E-state index in [0.29, 0.717) is 13.2 Å². The van der Waals surface area contributed by atoms with Crippen molar-refractivity contribution in [2.24, 2.45) is 5.73 Å². The second kappa shape index (κ2) is 4.49. The van der Waals surface area contributed by atoms with Crippen molar-refractivity contribution in [3.05, 3.63) is 29.3 Å². The van der Waals surface area contributed by atoms with Crippen molar-refractivity contribution in [3.8, 4) is 5.75 Å². The van der Waals surface area contributed by atoms with Crippen molar-refractivity contribution >= 4 is 5.84 Å². The SMILES string of the molecule is N=C(N)c1ccc(OC2COC2)cc1C(F)(F)F. The van der Waals surface area contributed by atoms with Gasteiger partial charge in [-0.2, -0.15) is 13.2 Å². The van der Waals surface area contributed by atoms with Gasteiger partial charge in [-0.25, -0.2) is 0 Å². The molecule has 0 saturated carbocycles. The summed E-state index contributed by atoms with van der Waals surface area (Å²) in [4.78, 5) is 0. The smallest absolute Gasteiger partial charge is 0.417 e. The van der Waals surface area contributed by atoms with Crippen molar-refractivity contribution in [2.45, 2.75) is 12.3 Å². The number of halogens is 3. The van der Waals surface area contributed by atoms with Gasteiger partial charge in [0.05, 0.1) is 18.8 Å². The Morgan fingerprint density at radius 2 is 2.06 bits per heavy atom. The first-order valence-electron chi connectivity index (χ1n) is 5.18. The first kappa shape index (κ1) is 12.7. The van der Waals surface area contributed by atoms with Gasteiger partial charge in [0.1, 0.15) is 17.7 Å². The van der Waals surface area contributed by atoms with Crippen LogP contribution in [0.3, 0.4) is 0 Å². The maximum absolute atomic E-state index is 12.8. The fraction of sp³-hybridized carbons (Fsp3) is 0.364. The minimum absolute atomic E-state index is 0.0978. The van der Waals surface area contributed by atoms with E-state index in [9.17, 15) is 13.2 Å². The Labute approximate surface area is 101 Å². The van der Waals surface area contributed by atoms with Gasteiger partial charge in [0.2, 0.25) is 0 Å². The number of benzene rings is 1. The molecule has 0 aliphatic carbocycles. The molecule has 0 bridgehead atoms. The summed E-state index contributed by atoms with van der Waals surface area (Å²) in [7, 11) is 0. The zero-order valence-corrected chi connectivity index (χ0v) is 9.25. The molecule has 1 aromatic rings. The van der Waals surface area contributed by atoms with Crippen LogP contribution in [0.1, 0.15) is 11.1 Å². The van der Waals surface area contributed by atoms with E-state index in [-0.39, 0.29) is 17.4 Å². The highest BCUT2D eigenvalue weighted by Crippen LogP contribution is 2.34. The van der Waals surface area contributed by atoms with E-state index in [1.807, 2.05) is 0 Å². The van der Waals surface area contributed by atoms with E-state index < -0.39 is 17.6 Å². The zero-order chi connectivity index (χ0) is 13.3. The molecule has 7 heteroatoms. The van der Waals surface area contributed by atoms with Gasteiger partial charge in [-0.15, -0.1) is 0 Å². The third-order valence-corrected chi connectivity index (χ3v) is 2.50. The minimum atomic E-state index is -4.57. The van der Waals surface area contributed by atoms with Crippen molar-refractivity contribution in [1.29, 1.82) is 5.41 Å². The molecule has 18 heavy (non-hydrogen) atoms. The molecule has 0 spiro atoms. The molecule has 1 aliphatic rings. The molecule has 0 atom stereocenters. The minimum Gasteiger partial charge on any atom is -0.486 e. The molecular weight excluding hydrogens is 249 g/mol. The van der Waals surface area contributed by atoms with Gasteiger partial charge in [-0.05, 0) is 18.2 Å². The number of ether oxygens (including phenoxy) is 2. The van der Waals surface area contributed by atoms with Crippen LogP contribution in [0.4, 0.5) is 13.2 Å². The molecule has 2 rings (SSSR count). The lowest BCUT2D eigenvalue weighted by molar-refractivity contribution is -0.138. The van der Waals surface area contributed by atoms with Gasteiger partial charge in [0.15, 0.2) is 0 Å². The van der Waals surface area contributed by atoms with Crippen LogP contribution in [0.15, 0.2) is 18.2 Å². The van der Waals surface area contributed by atoms with Gasteiger partial charge in [0, 0.05) is 5.56 Å². The maximum atomic E-state index is 12.8. The summed E-state index contributed by atoms with van der Waals surface area (Å²) in [6.07, 6.45) is -4.79. The Kier molecular flexibility index (Phi) is 3.16. The molecular formula is C11H11F3N2O2. The molecule has 1 saturated heterocycles. The third-order valence-electron chi connectivity index (χ3n) is 2.50. The van der Waals surface area contributed by atoms with Gasteiger partial charge in [-0.1, -0.05) is 0 Å². The molecule has 4 nitrogen and oxygen atoms in total. The second-order valence-electron chi connectivity index (χ2n) is 3.90. The van der Waals surface area contributed by atoms with Crippen molar-refractivity contribution in [3.63, 3.8) is 0 Å². The van der Waals surface area contributed by atoms with Crippen molar-refractivity contribution in [1.82, 2.24) is 0 Å². The lowest BCUT2D eigenvalue weighted by atomic mass is 10.1. The summed E-state index contributed by atoms with van der Waals surface area (Å²) < 4.78 is 48.5. The van der Waals surface area contributed by atoms with Crippen molar-refractivity contribution < 1.29 is 22.6 Å². The Bertz CT molecular complexity index is 470. The van der Waals surface area contributed by atoms with Crippen molar-refractivity contribution in [2.75, 3.05) is 13.2 Å². The molecule has 0 amide bonds. The molecule has 1 aliphatic heterocycles. The summed E-state index contributed by atoms with van der Waals surface area (Å²) in [5.41, 5.74) is 3.81. The summed E-state index contributed by atoms with van der Waals surface area (Å²) in [6.45, 7) is 0.742. The number of rotatable bonds is 3. The molecule has 1 heterocycles. The van der Waals surface area contributed by atoms with Crippen LogP contribution in [0.2, 0.25) is 0 Å². The zero-order valence-electron chi connectivity index (χ0n) is 9.25. The highest BCUT2D eigenvalue weighted by molar-refractivity contribution is 5.96. The highest BCUT2D eigenvalue weighted by Gasteiger charge is 2.35. The molecule has 1 aromatic carbocycles. The number of nitrogens with two attached hydrogens (primary N) is 1. The largest absolute Gasteiger partial charge is 0.486 e. The molecule has 3 N–H and O–H groups in total. The Balaban J connectivity index is 2.32. The highest BCUT2D eigenvalue weighted by atomic mass is 19.4. The van der Waals surface area contributed by atoms with Crippen LogP contribution >= 0.6 is 0 Å². The number of nitrogens with one attached hydrogen (secondary N) is 1. The molecule has 98 valence electrons. The quantitative estimate of drug-likeness (QED) is 0.642. The van der Waals surface area contributed by atoms with Crippen LogP contribution < -0.4 is 10.5 Å². The van der Waals surface area contributed by atoms with Crippen LogP contribution in [0.25, 0.3) is 0 Å². The average Bonchev–Trinajstić information content (AvgIpc) is 2.22. The predicted molar refractivity (Wildman–Crippen MR) is 57.7 cm³/mol. The van der Waals surface area contributed by atoms with E-state index in [4.69, 9.17) is 20.6 Å². The Hall–Kier alpha value is -1.76. The number of alkyl halides is 3. The maximum Gasteiger partial charge on any atom is 0.417 e. The molecule has 0 radical (unpaired) electrons. The van der Waals surface area contributed by atoms with Gasteiger partial charge >= 0.3 is 6.18 Å². The molecule has 0 aromatic heterocycles. The van der Waals surface area contributed by atoms with Crippen LogP contribution in [-0.2, 0) is 10.9 Å². The number of hydrogen-bond acceptors (Lipinski definition) is 3. The molecule has 0 unspecified atom stereocenters. The van der Waals surface area contributed by atoms with Gasteiger partial charge < -0.3 is 15.2 Å². The number of hydrogen-bond donors (Lipinski definition) is 2. The Morgan fingerprint density at radius 1 is 1.39 bits per heavy atom. The summed E-state index contributed by atoms with van der Waals surface area (Å²) in [5, 5.41) is 7.13. The fourth-order valence-corrected chi connectivity index (χ4v) is 1.54. The van der Waals surface area contributed by atoms with E-state index >= 15 is 0 Å². The average molecular weight is 260 g/mol. The number of amidine groups is 1. The second-order valence-corrected chi connectivity index (χ2v) is 3.90. The van der Waals surface area contributed by atoms with E-state index in [1.54, 1.807) is 0 Å². The normalized spacial score (nSPS) is 16.2. The summed E-state index contributed by atoms with van der Waals surface area (Å²) >= 11 is 0. The predicted octanol–water partition coefficient (Wildman–Crippen LogP) is 1.77. The third kappa shape index (κ3) is 2.56. The number of nitrogen functional groups attached to an aromatic ring is 1. The van der Waals surface area contributed by atoms with E-state index in [0.717, 1.165) is 12.1 Å². The lowest BCUT2D eigenvalue weighted by Gasteiger charge is -2.27. The lowest BCUT2D eigenvalue weighted by Crippen LogP contribution is -2.38. The van der Waals surface area contributed by atoms with E-state index in [1.165, 1.54) is 6.07 Å². The Morgan fingerprint density at radius 3 is 2.50 bits per heavy atom. The summed E-state index contributed by atoms with van der Waals surface area (Å²) in [5.74, 6) is -0.526. The first-order chi connectivity index (χ1) is 8.38. The molecule has 1 fully saturated rings. The topological polar surface area (TPSA) is 68.3 Å². The summed E-state index contributed by atoms with van der Waals surface area (Å²) in [6, 6.07) is 3.36. The fourth-order valence-electron chi connectivity index (χ4n) is 1.54. The first-order valence-corrected chi connectivity index (χ1v) is 5.18. The van der Waals surface area contributed by atoms with Crippen LogP contribution in [0.5, 0.6) is 5.75 Å². The van der Waals surface area contributed by atoms with E-state index in [2.05, 4.69) is 0 Å².